The van der Waals surface area contributed by atoms with Crippen molar-refractivity contribution in [1.29, 1.82) is 0 Å². The lowest BCUT2D eigenvalue weighted by molar-refractivity contribution is -0.0452. The largest absolute Gasteiger partial charge is 0.378 e. The summed E-state index contributed by atoms with van der Waals surface area (Å²) in [4.78, 5) is 45.9. The lowest BCUT2D eigenvalue weighted by Gasteiger charge is -2.22. The number of ether oxygens (including phenoxy) is 1. The minimum atomic E-state index is -4.91. The van der Waals surface area contributed by atoms with Crippen molar-refractivity contribution in [2.75, 3.05) is 0 Å². The average Bonchev–Trinajstić information content (AvgIpc) is 2.85. The van der Waals surface area contributed by atoms with Gasteiger partial charge < -0.3 is 19.6 Å². The molecule has 1 aromatic rings. The molecule has 2 heterocycles. The number of aliphatic hydroxyl groups excluding tert-OH is 1. The highest BCUT2D eigenvalue weighted by molar-refractivity contribution is 7.52. The SMILES string of the molecule is Cc1cn([C@H]2C[C@H](N=[N+]=[N-])[C@@H](C(O)P(=O)(O)O)O2)c(=O)[nH]c1=O. The Morgan fingerprint density at radius 1 is 1.57 bits per heavy atom. The van der Waals surface area contributed by atoms with E-state index in [-0.39, 0.29) is 12.0 Å². The van der Waals surface area contributed by atoms with Gasteiger partial charge in [-0.1, -0.05) is 5.11 Å². The number of rotatable bonds is 4. The molecule has 23 heavy (non-hydrogen) atoms. The zero-order chi connectivity index (χ0) is 17.4. The van der Waals surface area contributed by atoms with Crippen molar-refractivity contribution in [1.82, 2.24) is 9.55 Å². The number of nitrogens with zero attached hydrogens (tertiary/aromatic N) is 4. The Kier molecular flexibility index (Phi) is 4.76. The van der Waals surface area contributed by atoms with Crippen molar-refractivity contribution in [2.24, 2.45) is 5.11 Å². The second kappa shape index (κ2) is 6.28. The second-order valence-electron chi connectivity index (χ2n) is 5.04. The molecular weight excluding hydrogens is 333 g/mol. The normalized spacial score (nSPS) is 25.8. The van der Waals surface area contributed by atoms with Crippen LogP contribution in [0.3, 0.4) is 0 Å². The highest BCUT2D eigenvalue weighted by Gasteiger charge is 2.46. The van der Waals surface area contributed by atoms with Gasteiger partial charge in [-0.05, 0) is 12.5 Å². The Morgan fingerprint density at radius 3 is 2.78 bits per heavy atom. The van der Waals surface area contributed by atoms with Crippen LogP contribution in [0.1, 0.15) is 18.2 Å². The first-order chi connectivity index (χ1) is 10.6. The van der Waals surface area contributed by atoms with E-state index >= 15 is 0 Å². The highest BCUT2D eigenvalue weighted by atomic mass is 31.2. The first-order valence-corrected chi connectivity index (χ1v) is 8.08. The smallest absolute Gasteiger partial charge is 0.356 e. The lowest BCUT2D eigenvalue weighted by Crippen LogP contribution is -2.35. The van der Waals surface area contributed by atoms with Crippen LogP contribution in [0.25, 0.3) is 10.4 Å². The number of aliphatic hydroxyl groups is 1. The molecule has 1 saturated heterocycles. The molecule has 1 fully saturated rings. The summed E-state index contributed by atoms with van der Waals surface area (Å²) >= 11 is 0. The van der Waals surface area contributed by atoms with Crippen LogP contribution in [0.15, 0.2) is 20.9 Å². The zero-order valence-electron chi connectivity index (χ0n) is 11.8. The summed E-state index contributed by atoms with van der Waals surface area (Å²) in [5, 5.41) is 13.0. The van der Waals surface area contributed by atoms with Gasteiger partial charge >= 0.3 is 13.3 Å². The minimum Gasteiger partial charge on any atom is -0.378 e. The van der Waals surface area contributed by atoms with Gasteiger partial charge in [0.1, 0.15) is 12.3 Å². The first kappa shape index (κ1) is 17.4. The van der Waals surface area contributed by atoms with E-state index in [4.69, 9.17) is 20.1 Å². The van der Waals surface area contributed by atoms with Crippen molar-refractivity contribution in [2.45, 2.75) is 37.6 Å². The molecule has 126 valence electrons. The molecule has 0 aromatic carbocycles. The molecular formula is C10H14N5O7P. The maximum absolute atomic E-state index is 11.8. The van der Waals surface area contributed by atoms with E-state index in [9.17, 15) is 19.3 Å². The van der Waals surface area contributed by atoms with E-state index in [0.29, 0.717) is 0 Å². The first-order valence-electron chi connectivity index (χ1n) is 6.40. The third kappa shape index (κ3) is 3.53. The minimum absolute atomic E-state index is 0.100. The molecule has 0 amide bonds. The standard InChI is InChI=1S/C10H14N5O7P/c1-4-3-15(10(18)12-8(4)16)6-2-5(13-14-11)7(22-6)9(17)23(19,20)21/h3,5-7,9,17H,2H2,1H3,(H,12,16,18)(H2,19,20,21)/t5-,6+,7-,9?/m0/s1. The number of aromatic nitrogens is 2. The van der Waals surface area contributed by atoms with E-state index in [2.05, 4.69) is 15.0 Å². The fraction of sp³-hybridized carbons (Fsp3) is 0.600. The Bertz CT molecular complexity index is 807. The van der Waals surface area contributed by atoms with Gasteiger partial charge in [0.25, 0.3) is 5.56 Å². The molecule has 2 rings (SSSR count). The van der Waals surface area contributed by atoms with Crippen molar-refractivity contribution in [3.05, 3.63) is 43.0 Å². The maximum Gasteiger partial charge on any atom is 0.356 e. The molecule has 0 aliphatic carbocycles. The van der Waals surface area contributed by atoms with E-state index < -0.39 is 43.1 Å². The third-order valence-corrected chi connectivity index (χ3v) is 4.41. The Hall–Kier alpha value is -1.94. The molecule has 1 unspecified atom stereocenters. The fourth-order valence-corrected chi connectivity index (χ4v) is 2.94. The highest BCUT2D eigenvalue weighted by Crippen LogP contribution is 2.46. The molecule has 1 aromatic heterocycles. The van der Waals surface area contributed by atoms with Crippen LogP contribution in [-0.2, 0) is 9.30 Å². The Balaban J connectivity index is 2.39. The van der Waals surface area contributed by atoms with Crippen LogP contribution in [0.4, 0.5) is 0 Å². The molecule has 0 radical (unpaired) electrons. The fourth-order valence-electron chi connectivity index (χ4n) is 2.29. The van der Waals surface area contributed by atoms with Crippen molar-refractivity contribution in [3.63, 3.8) is 0 Å². The number of H-pyrrole nitrogens is 1. The molecule has 4 N–H and O–H groups in total. The summed E-state index contributed by atoms with van der Waals surface area (Å²) in [6.07, 6.45) is -1.43. The van der Waals surface area contributed by atoms with Crippen LogP contribution < -0.4 is 11.2 Å². The quantitative estimate of drug-likeness (QED) is 0.239. The number of azide groups is 1. The van der Waals surface area contributed by atoms with Crippen molar-refractivity contribution in [3.8, 4) is 0 Å². The summed E-state index contributed by atoms with van der Waals surface area (Å²) in [7, 11) is -4.91. The van der Waals surface area contributed by atoms with Crippen LogP contribution >= 0.6 is 7.60 Å². The van der Waals surface area contributed by atoms with Gasteiger partial charge in [-0.3, -0.25) is 18.9 Å². The van der Waals surface area contributed by atoms with Crippen LogP contribution in [0.5, 0.6) is 0 Å². The van der Waals surface area contributed by atoms with E-state index in [0.717, 1.165) is 4.57 Å². The predicted molar refractivity (Wildman–Crippen MR) is 75.6 cm³/mol. The molecule has 4 atom stereocenters. The lowest BCUT2D eigenvalue weighted by atomic mass is 10.1. The molecule has 12 nitrogen and oxygen atoms in total. The molecule has 0 spiro atoms. The van der Waals surface area contributed by atoms with Crippen molar-refractivity contribution < 1.29 is 24.2 Å². The molecule has 1 aliphatic rings. The van der Waals surface area contributed by atoms with Crippen LogP contribution in [0, 0.1) is 6.92 Å². The van der Waals surface area contributed by atoms with Gasteiger partial charge in [-0.15, -0.1) is 0 Å². The monoisotopic (exact) mass is 347 g/mol. The summed E-state index contributed by atoms with van der Waals surface area (Å²) in [5.74, 6) is -2.21. The number of hydrogen-bond acceptors (Lipinski definition) is 6. The average molecular weight is 347 g/mol. The van der Waals surface area contributed by atoms with Gasteiger partial charge in [0.2, 0.25) is 0 Å². The van der Waals surface area contributed by atoms with Gasteiger partial charge in [0.05, 0.1) is 6.04 Å². The summed E-state index contributed by atoms with van der Waals surface area (Å²) in [6.45, 7) is 1.45. The van der Waals surface area contributed by atoms with Gasteiger partial charge in [0, 0.05) is 23.1 Å². The maximum atomic E-state index is 11.8. The number of aryl methyl sites for hydroxylation is 1. The molecule has 1 aliphatic heterocycles. The summed E-state index contributed by atoms with van der Waals surface area (Å²) < 4.78 is 17.5. The molecule has 13 heteroatoms. The molecule has 0 saturated carbocycles. The van der Waals surface area contributed by atoms with Gasteiger partial charge in [-0.25, -0.2) is 4.79 Å². The van der Waals surface area contributed by atoms with E-state index in [1.165, 1.54) is 13.1 Å². The van der Waals surface area contributed by atoms with Gasteiger partial charge in [0.15, 0.2) is 5.85 Å². The van der Waals surface area contributed by atoms with Crippen molar-refractivity contribution >= 4 is 7.60 Å². The van der Waals surface area contributed by atoms with E-state index in [1.54, 1.807) is 0 Å². The predicted octanol–water partition coefficient (Wildman–Crippen LogP) is -0.692. The zero-order valence-corrected chi connectivity index (χ0v) is 12.7. The van der Waals surface area contributed by atoms with Crippen LogP contribution in [-0.4, -0.2) is 42.4 Å². The Labute approximate surface area is 128 Å². The topological polar surface area (TPSA) is 191 Å². The number of nitrogens with one attached hydrogen (secondary N) is 1. The summed E-state index contributed by atoms with van der Waals surface area (Å²) in [5.41, 5.74) is 7.37. The molecule has 0 bridgehead atoms. The van der Waals surface area contributed by atoms with E-state index in [1.807, 2.05) is 0 Å². The number of hydrogen-bond donors (Lipinski definition) is 4. The summed E-state index contributed by atoms with van der Waals surface area (Å²) in [6, 6.07) is -1.09. The second-order valence-corrected chi connectivity index (χ2v) is 6.75. The van der Waals surface area contributed by atoms with Crippen LogP contribution in [0.2, 0.25) is 0 Å². The number of aromatic amines is 1. The Morgan fingerprint density at radius 2 is 2.22 bits per heavy atom. The van der Waals surface area contributed by atoms with Gasteiger partial charge in [-0.2, -0.15) is 0 Å². The third-order valence-electron chi connectivity index (χ3n) is 3.43.